The second-order valence-electron chi connectivity index (χ2n) is 4.05. The molecule has 0 saturated carbocycles. The first kappa shape index (κ1) is 18.1. The van der Waals surface area contributed by atoms with Crippen molar-refractivity contribution < 1.29 is 55.5 Å². The molecule has 0 bridgehead atoms. The van der Waals surface area contributed by atoms with Gasteiger partial charge in [0.2, 0.25) is 0 Å². The van der Waals surface area contributed by atoms with E-state index >= 15 is 0 Å². The molecule has 6 nitrogen and oxygen atoms in total. The molecule has 90 valence electrons. The molecular formula is C9H18NNaO5. The van der Waals surface area contributed by atoms with Crippen LogP contribution in [0.5, 0.6) is 0 Å². The third kappa shape index (κ3) is 8.96. The fraction of sp³-hybridized carbons (Fsp3) is 0.778. The fourth-order valence-corrected chi connectivity index (χ4v) is 0.836. The molecule has 0 rings (SSSR count). The van der Waals surface area contributed by atoms with E-state index in [4.69, 9.17) is 14.9 Å². The molecule has 0 spiro atoms. The molecule has 0 aliphatic carbocycles. The van der Waals surface area contributed by atoms with Crippen LogP contribution in [0.3, 0.4) is 0 Å². The molecular weight excluding hydrogens is 225 g/mol. The maximum Gasteiger partial charge on any atom is 1.00 e. The smallest absolute Gasteiger partial charge is 1.00 e. The number of nitrogens with one attached hydrogen (secondary N) is 1. The van der Waals surface area contributed by atoms with Crippen LogP contribution in [-0.4, -0.2) is 40.5 Å². The van der Waals surface area contributed by atoms with Crippen LogP contribution in [0.15, 0.2) is 0 Å². The average Bonchev–Trinajstić information content (AvgIpc) is 1.99. The Morgan fingerprint density at radius 3 is 2.25 bits per heavy atom. The van der Waals surface area contributed by atoms with Crippen molar-refractivity contribution in [2.75, 3.05) is 6.61 Å². The Labute approximate surface area is 118 Å². The standard InChI is InChI=1S/C9H17NO5.Na.H/c1-9(2,3)15-8(14)10-6(4-5-11)7(12)13;;/h6,11H,4-5H2,1-3H3,(H,10,14)(H,12,13);;/q;+1;-1. The number of rotatable bonds is 4. The van der Waals surface area contributed by atoms with E-state index in [9.17, 15) is 9.59 Å². The van der Waals surface area contributed by atoms with Crippen LogP contribution in [0.4, 0.5) is 4.79 Å². The van der Waals surface area contributed by atoms with Crippen molar-refractivity contribution >= 4 is 12.1 Å². The van der Waals surface area contributed by atoms with Gasteiger partial charge in [-0.1, -0.05) is 0 Å². The van der Waals surface area contributed by atoms with Crippen molar-refractivity contribution in [2.24, 2.45) is 0 Å². The van der Waals surface area contributed by atoms with E-state index < -0.39 is 23.7 Å². The number of alkyl carbamates (subject to hydrolysis) is 1. The summed E-state index contributed by atoms with van der Waals surface area (Å²) in [6, 6.07) is -1.12. The van der Waals surface area contributed by atoms with Gasteiger partial charge in [0.25, 0.3) is 0 Å². The fourth-order valence-electron chi connectivity index (χ4n) is 0.836. The monoisotopic (exact) mass is 243 g/mol. The summed E-state index contributed by atoms with van der Waals surface area (Å²) >= 11 is 0. The number of carboxylic acids is 1. The predicted octanol–water partition coefficient (Wildman–Crippen LogP) is -2.54. The van der Waals surface area contributed by atoms with E-state index in [1.807, 2.05) is 0 Å². The predicted molar refractivity (Wildman–Crippen MR) is 53.6 cm³/mol. The molecule has 0 aromatic heterocycles. The normalized spacial score (nSPS) is 12.2. The summed E-state index contributed by atoms with van der Waals surface area (Å²) in [5.41, 5.74) is -0.674. The van der Waals surface area contributed by atoms with Crippen LogP contribution < -0.4 is 34.9 Å². The largest absolute Gasteiger partial charge is 1.00 e. The van der Waals surface area contributed by atoms with Gasteiger partial charge in [0.15, 0.2) is 0 Å². The van der Waals surface area contributed by atoms with E-state index in [0.717, 1.165) is 0 Å². The Hall–Kier alpha value is -0.300. The van der Waals surface area contributed by atoms with Crippen LogP contribution in [-0.2, 0) is 9.53 Å². The first-order valence-electron chi connectivity index (χ1n) is 4.59. The molecule has 0 aromatic carbocycles. The quantitative estimate of drug-likeness (QED) is 0.473. The van der Waals surface area contributed by atoms with E-state index in [2.05, 4.69) is 5.32 Å². The summed E-state index contributed by atoms with van der Waals surface area (Å²) < 4.78 is 4.87. The second-order valence-corrected chi connectivity index (χ2v) is 4.05. The number of aliphatic hydroxyl groups is 1. The Bertz CT molecular complexity index is 244. The van der Waals surface area contributed by atoms with Gasteiger partial charge < -0.3 is 21.7 Å². The zero-order valence-corrected chi connectivity index (χ0v) is 12.1. The SMILES string of the molecule is CC(C)(C)OC(=O)NC(CCO)C(=O)O.[H-].[Na+]. The van der Waals surface area contributed by atoms with Gasteiger partial charge in [-0.15, -0.1) is 0 Å². The molecule has 16 heavy (non-hydrogen) atoms. The second kappa shape index (κ2) is 7.89. The molecule has 3 N–H and O–H groups in total. The number of carbonyl (C=O) groups is 2. The van der Waals surface area contributed by atoms with Crippen LogP contribution in [0.2, 0.25) is 0 Å². The summed E-state index contributed by atoms with van der Waals surface area (Å²) in [7, 11) is 0. The summed E-state index contributed by atoms with van der Waals surface area (Å²) in [4.78, 5) is 21.8. The molecule has 0 fully saturated rings. The van der Waals surface area contributed by atoms with E-state index in [1.165, 1.54) is 0 Å². The summed E-state index contributed by atoms with van der Waals surface area (Å²) in [6.45, 7) is 4.71. The number of carboxylic acid groups (broad SMARTS) is 1. The van der Waals surface area contributed by atoms with Gasteiger partial charge in [0.1, 0.15) is 11.6 Å². The van der Waals surface area contributed by atoms with Crippen molar-refractivity contribution in [1.82, 2.24) is 5.32 Å². The van der Waals surface area contributed by atoms with Gasteiger partial charge in [0.05, 0.1) is 0 Å². The third-order valence-electron chi connectivity index (χ3n) is 1.41. The number of hydrogen-bond donors (Lipinski definition) is 3. The van der Waals surface area contributed by atoms with Crippen LogP contribution >= 0.6 is 0 Å². The zero-order valence-electron chi connectivity index (χ0n) is 11.1. The number of aliphatic carboxylic acids is 1. The first-order chi connectivity index (χ1) is 6.76. The van der Waals surface area contributed by atoms with Gasteiger partial charge in [-0.3, -0.25) is 0 Å². The van der Waals surface area contributed by atoms with Gasteiger partial charge >= 0.3 is 41.6 Å². The number of aliphatic hydroxyl groups excluding tert-OH is 1. The molecule has 0 radical (unpaired) electrons. The van der Waals surface area contributed by atoms with Crippen LogP contribution in [0.1, 0.15) is 28.6 Å². The topological polar surface area (TPSA) is 95.9 Å². The van der Waals surface area contributed by atoms with Crippen LogP contribution in [0.25, 0.3) is 0 Å². The first-order valence-corrected chi connectivity index (χ1v) is 4.59. The molecule has 0 aromatic rings. The van der Waals surface area contributed by atoms with Crippen molar-refractivity contribution in [3.05, 3.63) is 0 Å². The van der Waals surface area contributed by atoms with Crippen LogP contribution in [0, 0.1) is 0 Å². The Morgan fingerprint density at radius 2 is 1.94 bits per heavy atom. The summed E-state index contributed by atoms with van der Waals surface area (Å²) in [5, 5.41) is 19.4. The molecule has 0 heterocycles. The molecule has 0 aliphatic rings. The third-order valence-corrected chi connectivity index (χ3v) is 1.41. The Kier molecular flexibility index (Phi) is 8.91. The van der Waals surface area contributed by atoms with Gasteiger partial charge in [-0.25, -0.2) is 9.59 Å². The summed E-state index contributed by atoms with van der Waals surface area (Å²) in [6.07, 6.45) is -0.850. The number of amides is 1. The molecule has 0 aliphatic heterocycles. The van der Waals surface area contributed by atoms with Crippen molar-refractivity contribution in [3.63, 3.8) is 0 Å². The molecule has 7 heteroatoms. The van der Waals surface area contributed by atoms with Gasteiger partial charge in [0, 0.05) is 13.0 Å². The summed E-state index contributed by atoms with van der Waals surface area (Å²) in [5.74, 6) is -1.20. The maximum atomic E-state index is 11.2. The average molecular weight is 243 g/mol. The van der Waals surface area contributed by atoms with Crippen molar-refractivity contribution in [3.8, 4) is 0 Å². The van der Waals surface area contributed by atoms with E-state index in [1.54, 1.807) is 20.8 Å². The zero-order chi connectivity index (χ0) is 12.1. The minimum absolute atomic E-state index is 0. The minimum atomic E-state index is -1.20. The molecule has 0 saturated heterocycles. The Balaban J connectivity index is -0.000000980. The maximum absolute atomic E-state index is 11.2. The minimum Gasteiger partial charge on any atom is -1.00 e. The number of ether oxygens (including phenoxy) is 1. The Morgan fingerprint density at radius 1 is 1.44 bits per heavy atom. The number of carbonyl (C=O) groups excluding carboxylic acids is 1. The molecule has 1 atom stereocenters. The van der Waals surface area contributed by atoms with Crippen molar-refractivity contribution in [1.29, 1.82) is 0 Å². The molecule has 1 amide bonds. The van der Waals surface area contributed by atoms with Gasteiger partial charge in [-0.2, -0.15) is 0 Å². The van der Waals surface area contributed by atoms with E-state index in [-0.39, 0.29) is 44.0 Å². The number of hydrogen-bond acceptors (Lipinski definition) is 4. The van der Waals surface area contributed by atoms with Crippen molar-refractivity contribution in [2.45, 2.75) is 38.8 Å². The van der Waals surface area contributed by atoms with E-state index in [0.29, 0.717) is 0 Å². The molecule has 1 unspecified atom stereocenters. The van der Waals surface area contributed by atoms with Gasteiger partial charge in [-0.05, 0) is 20.8 Å².